The molecule has 0 unspecified atom stereocenters. The Morgan fingerprint density at radius 3 is 2.71 bits per heavy atom. The Kier molecular flexibility index (Phi) is 4.87. The summed E-state index contributed by atoms with van der Waals surface area (Å²) in [4.78, 5) is 19.8. The Bertz CT molecular complexity index is 627. The van der Waals surface area contributed by atoms with E-state index in [1.165, 1.54) is 18.6 Å². The van der Waals surface area contributed by atoms with E-state index in [9.17, 15) is 4.79 Å². The van der Waals surface area contributed by atoms with Gasteiger partial charge in [-0.05, 0) is 43.5 Å². The van der Waals surface area contributed by atoms with Crippen LogP contribution in [0.4, 0.5) is 0 Å². The lowest BCUT2D eigenvalue weighted by Crippen LogP contribution is -2.24. The third kappa shape index (κ3) is 3.78. The summed E-state index contributed by atoms with van der Waals surface area (Å²) in [5, 5.41) is 2.85. The Balaban J connectivity index is 2.07. The number of hydrogen-bond acceptors (Lipinski definition) is 4. The minimum absolute atomic E-state index is 0.228. The van der Waals surface area contributed by atoms with Gasteiger partial charge in [0.15, 0.2) is 0 Å². The number of carbonyl (C=O) groups excluding carboxylic acids is 1. The number of nitrogens with zero attached hydrogens (tertiary/aromatic N) is 2. The van der Waals surface area contributed by atoms with Crippen LogP contribution in [0.15, 0.2) is 30.7 Å². The second kappa shape index (κ2) is 6.83. The summed E-state index contributed by atoms with van der Waals surface area (Å²) >= 11 is 0. The number of benzene rings is 1. The number of ether oxygens (including phenoxy) is 1. The van der Waals surface area contributed by atoms with Crippen molar-refractivity contribution in [3.05, 3.63) is 53.1 Å². The third-order valence-corrected chi connectivity index (χ3v) is 3.17. The molecule has 0 aliphatic rings. The van der Waals surface area contributed by atoms with Gasteiger partial charge in [-0.1, -0.05) is 6.07 Å². The average Bonchev–Trinajstić information content (AvgIpc) is 2.50. The van der Waals surface area contributed by atoms with Gasteiger partial charge >= 0.3 is 0 Å². The summed E-state index contributed by atoms with van der Waals surface area (Å²) in [6.45, 7) is 7.06. The molecule has 1 aromatic carbocycles. The summed E-state index contributed by atoms with van der Waals surface area (Å²) in [5.74, 6) is 0.660. The van der Waals surface area contributed by atoms with Crippen molar-refractivity contribution in [2.45, 2.75) is 27.3 Å². The minimum Gasteiger partial charge on any atom is -0.494 e. The molecule has 1 amide bonds. The summed E-state index contributed by atoms with van der Waals surface area (Å²) < 4.78 is 5.56. The van der Waals surface area contributed by atoms with Crippen LogP contribution >= 0.6 is 0 Å². The first-order valence-electron chi connectivity index (χ1n) is 6.89. The van der Waals surface area contributed by atoms with E-state index in [-0.39, 0.29) is 5.91 Å². The maximum atomic E-state index is 11.9. The highest BCUT2D eigenvalue weighted by Crippen LogP contribution is 2.22. The molecular weight excluding hydrogens is 266 g/mol. The predicted octanol–water partition coefficient (Wildman–Crippen LogP) is 2.42. The first-order chi connectivity index (χ1) is 10.1. The van der Waals surface area contributed by atoms with Gasteiger partial charge in [0.2, 0.25) is 0 Å². The lowest BCUT2D eigenvalue weighted by atomic mass is 10.0. The Morgan fingerprint density at radius 1 is 1.24 bits per heavy atom. The molecule has 0 spiro atoms. The van der Waals surface area contributed by atoms with Crippen LogP contribution < -0.4 is 10.1 Å². The first-order valence-corrected chi connectivity index (χ1v) is 6.89. The molecule has 0 radical (unpaired) electrons. The van der Waals surface area contributed by atoms with Crippen molar-refractivity contribution in [1.82, 2.24) is 15.3 Å². The lowest BCUT2D eigenvalue weighted by Gasteiger charge is -2.13. The molecule has 0 fully saturated rings. The molecule has 0 bridgehead atoms. The molecule has 0 atom stereocenters. The molecule has 1 aromatic heterocycles. The number of hydrogen-bond donors (Lipinski definition) is 1. The van der Waals surface area contributed by atoms with E-state index < -0.39 is 0 Å². The molecule has 1 heterocycles. The molecule has 0 aliphatic heterocycles. The SMILES string of the molecule is CCOc1cc(C)c(CNC(=O)c2cnccn2)cc1C. The quantitative estimate of drug-likeness (QED) is 0.916. The number of amides is 1. The van der Waals surface area contributed by atoms with Gasteiger partial charge in [-0.15, -0.1) is 0 Å². The molecule has 21 heavy (non-hydrogen) atoms. The van der Waals surface area contributed by atoms with Crippen LogP contribution in [0.25, 0.3) is 0 Å². The molecule has 5 nitrogen and oxygen atoms in total. The topological polar surface area (TPSA) is 64.1 Å². The number of aromatic nitrogens is 2. The maximum absolute atomic E-state index is 11.9. The molecule has 110 valence electrons. The highest BCUT2D eigenvalue weighted by atomic mass is 16.5. The van der Waals surface area contributed by atoms with E-state index in [1.807, 2.05) is 32.9 Å². The fraction of sp³-hybridized carbons (Fsp3) is 0.312. The monoisotopic (exact) mass is 285 g/mol. The van der Waals surface area contributed by atoms with Gasteiger partial charge in [-0.2, -0.15) is 0 Å². The Morgan fingerprint density at radius 2 is 2.05 bits per heavy atom. The summed E-state index contributed by atoms with van der Waals surface area (Å²) in [6.07, 6.45) is 4.49. The Hall–Kier alpha value is -2.43. The standard InChI is InChI=1S/C16H19N3O2/c1-4-21-15-8-11(2)13(7-12(15)3)9-19-16(20)14-10-17-5-6-18-14/h5-8,10H,4,9H2,1-3H3,(H,19,20). The van der Waals surface area contributed by atoms with Crippen LogP contribution in [0.1, 0.15) is 34.1 Å². The van der Waals surface area contributed by atoms with Crippen LogP contribution in [0.3, 0.4) is 0 Å². The van der Waals surface area contributed by atoms with Crippen molar-refractivity contribution in [2.75, 3.05) is 6.61 Å². The highest BCUT2D eigenvalue weighted by Gasteiger charge is 2.09. The highest BCUT2D eigenvalue weighted by molar-refractivity contribution is 5.91. The molecule has 0 saturated carbocycles. The van der Waals surface area contributed by atoms with E-state index in [0.29, 0.717) is 18.8 Å². The van der Waals surface area contributed by atoms with Gasteiger partial charge in [0, 0.05) is 18.9 Å². The van der Waals surface area contributed by atoms with Crippen molar-refractivity contribution >= 4 is 5.91 Å². The van der Waals surface area contributed by atoms with Crippen LogP contribution in [-0.2, 0) is 6.54 Å². The minimum atomic E-state index is -0.228. The van der Waals surface area contributed by atoms with Crippen molar-refractivity contribution in [3.8, 4) is 5.75 Å². The van der Waals surface area contributed by atoms with Crippen LogP contribution in [0, 0.1) is 13.8 Å². The largest absolute Gasteiger partial charge is 0.494 e. The van der Waals surface area contributed by atoms with E-state index in [4.69, 9.17) is 4.74 Å². The normalized spacial score (nSPS) is 10.2. The molecule has 2 rings (SSSR count). The summed E-state index contributed by atoms with van der Waals surface area (Å²) in [5.41, 5.74) is 3.53. The van der Waals surface area contributed by atoms with Crippen LogP contribution in [0.2, 0.25) is 0 Å². The molecular formula is C16H19N3O2. The van der Waals surface area contributed by atoms with E-state index in [1.54, 1.807) is 0 Å². The number of nitrogens with one attached hydrogen (secondary N) is 1. The number of carbonyl (C=O) groups is 1. The Labute approximate surface area is 124 Å². The molecule has 5 heteroatoms. The summed E-state index contributed by atoms with van der Waals surface area (Å²) in [7, 11) is 0. The second-order valence-corrected chi connectivity index (χ2v) is 4.75. The summed E-state index contributed by atoms with van der Waals surface area (Å²) in [6, 6.07) is 4.04. The molecule has 1 N–H and O–H groups in total. The zero-order valence-corrected chi connectivity index (χ0v) is 12.5. The third-order valence-electron chi connectivity index (χ3n) is 3.17. The second-order valence-electron chi connectivity index (χ2n) is 4.75. The van der Waals surface area contributed by atoms with E-state index >= 15 is 0 Å². The predicted molar refractivity (Wildman–Crippen MR) is 80.3 cm³/mol. The number of aryl methyl sites for hydroxylation is 2. The van der Waals surface area contributed by atoms with Gasteiger partial charge in [-0.25, -0.2) is 4.98 Å². The zero-order valence-electron chi connectivity index (χ0n) is 12.5. The van der Waals surface area contributed by atoms with E-state index in [0.717, 1.165) is 22.4 Å². The molecule has 0 saturated heterocycles. The smallest absolute Gasteiger partial charge is 0.271 e. The van der Waals surface area contributed by atoms with E-state index in [2.05, 4.69) is 15.3 Å². The number of rotatable bonds is 5. The maximum Gasteiger partial charge on any atom is 0.271 e. The van der Waals surface area contributed by atoms with Crippen molar-refractivity contribution in [2.24, 2.45) is 0 Å². The van der Waals surface area contributed by atoms with Crippen molar-refractivity contribution < 1.29 is 9.53 Å². The van der Waals surface area contributed by atoms with Gasteiger partial charge in [-0.3, -0.25) is 9.78 Å². The fourth-order valence-corrected chi connectivity index (χ4v) is 2.03. The zero-order chi connectivity index (χ0) is 15.2. The van der Waals surface area contributed by atoms with Crippen molar-refractivity contribution in [3.63, 3.8) is 0 Å². The lowest BCUT2D eigenvalue weighted by molar-refractivity contribution is 0.0945. The van der Waals surface area contributed by atoms with Gasteiger partial charge in [0.05, 0.1) is 12.8 Å². The fourth-order valence-electron chi connectivity index (χ4n) is 2.03. The molecule has 0 aliphatic carbocycles. The van der Waals surface area contributed by atoms with Gasteiger partial charge < -0.3 is 10.1 Å². The average molecular weight is 285 g/mol. The van der Waals surface area contributed by atoms with Gasteiger partial charge in [0.1, 0.15) is 11.4 Å². The van der Waals surface area contributed by atoms with Crippen LogP contribution in [0.5, 0.6) is 5.75 Å². The van der Waals surface area contributed by atoms with Crippen molar-refractivity contribution in [1.29, 1.82) is 0 Å². The van der Waals surface area contributed by atoms with Gasteiger partial charge in [0.25, 0.3) is 5.91 Å². The first kappa shape index (κ1) is 15.0. The van der Waals surface area contributed by atoms with Crippen LogP contribution in [-0.4, -0.2) is 22.5 Å². The molecule has 2 aromatic rings.